The van der Waals surface area contributed by atoms with Gasteiger partial charge in [0.2, 0.25) is 5.91 Å². The predicted molar refractivity (Wildman–Crippen MR) is 83.4 cm³/mol. The fourth-order valence-electron chi connectivity index (χ4n) is 2.06. The molecule has 1 aromatic heterocycles. The maximum Gasteiger partial charge on any atom is 0.224 e. The van der Waals surface area contributed by atoms with Gasteiger partial charge in [0, 0.05) is 12.5 Å². The molecule has 1 heterocycles. The Morgan fingerprint density at radius 1 is 1.38 bits per heavy atom. The third-order valence-corrected chi connectivity index (χ3v) is 3.54. The minimum absolute atomic E-state index is 0.0398. The molecule has 4 N–H and O–H groups in total. The molecule has 2 atom stereocenters. The number of hydrogen-bond donors (Lipinski definition) is 3. The summed E-state index contributed by atoms with van der Waals surface area (Å²) in [6, 6.07) is 9.87. The lowest BCUT2D eigenvalue weighted by atomic mass is 10.1. The van der Waals surface area contributed by atoms with Gasteiger partial charge in [-0.05, 0) is 12.0 Å². The Hall–Kier alpha value is -2.14. The number of aromatic amines is 1. The third-order valence-electron chi connectivity index (χ3n) is 3.54. The molecule has 0 saturated carbocycles. The van der Waals surface area contributed by atoms with Gasteiger partial charge in [0.05, 0.1) is 17.9 Å². The minimum atomic E-state index is -0.192. The van der Waals surface area contributed by atoms with Crippen molar-refractivity contribution in [2.24, 2.45) is 11.7 Å². The highest BCUT2D eigenvalue weighted by molar-refractivity contribution is 5.78. The van der Waals surface area contributed by atoms with Crippen LogP contribution in [0.4, 0.5) is 0 Å². The van der Waals surface area contributed by atoms with Crippen LogP contribution in [0.15, 0.2) is 36.5 Å². The molecule has 1 amide bonds. The van der Waals surface area contributed by atoms with E-state index in [0.29, 0.717) is 6.54 Å². The zero-order chi connectivity index (χ0) is 15.2. The largest absolute Gasteiger partial charge is 0.346 e. The molecule has 112 valence electrons. The molecular weight excluding hydrogens is 264 g/mol. The van der Waals surface area contributed by atoms with Crippen LogP contribution in [0.25, 0.3) is 11.3 Å². The molecule has 0 spiro atoms. The molecule has 0 bridgehead atoms. The average Bonchev–Trinajstić information content (AvgIpc) is 3.02. The molecule has 5 heteroatoms. The molecule has 2 rings (SSSR count). The first-order valence-corrected chi connectivity index (χ1v) is 7.26. The summed E-state index contributed by atoms with van der Waals surface area (Å²) in [5.74, 6) is 0.540. The van der Waals surface area contributed by atoms with Crippen LogP contribution >= 0.6 is 0 Å². The Balaban J connectivity index is 2.13. The highest BCUT2D eigenvalue weighted by atomic mass is 16.1. The summed E-state index contributed by atoms with van der Waals surface area (Å²) in [6.45, 7) is 4.18. The van der Waals surface area contributed by atoms with Gasteiger partial charge in [0.25, 0.3) is 0 Å². The summed E-state index contributed by atoms with van der Waals surface area (Å²) in [5, 5.41) is 2.99. The molecular formula is C16H22N4O. The van der Waals surface area contributed by atoms with Crippen molar-refractivity contribution in [3.63, 3.8) is 0 Å². The van der Waals surface area contributed by atoms with Gasteiger partial charge >= 0.3 is 0 Å². The number of nitrogens with two attached hydrogens (primary N) is 1. The van der Waals surface area contributed by atoms with E-state index in [1.54, 1.807) is 6.20 Å². The lowest BCUT2D eigenvalue weighted by molar-refractivity contribution is -0.125. The van der Waals surface area contributed by atoms with E-state index >= 15 is 0 Å². The summed E-state index contributed by atoms with van der Waals surface area (Å²) in [7, 11) is 0. The molecule has 2 aromatic rings. The van der Waals surface area contributed by atoms with E-state index in [2.05, 4.69) is 15.3 Å². The predicted octanol–water partition coefficient (Wildman–Crippen LogP) is 2.24. The van der Waals surface area contributed by atoms with Gasteiger partial charge in [-0.3, -0.25) is 4.79 Å². The first-order chi connectivity index (χ1) is 10.2. The van der Waals surface area contributed by atoms with E-state index in [0.717, 1.165) is 23.5 Å². The summed E-state index contributed by atoms with van der Waals surface area (Å²) in [4.78, 5) is 19.6. The van der Waals surface area contributed by atoms with Gasteiger partial charge in [0.1, 0.15) is 5.82 Å². The van der Waals surface area contributed by atoms with Crippen LogP contribution in [0, 0.1) is 5.92 Å². The number of amides is 1. The first-order valence-electron chi connectivity index (χ1n) is 7.26. The molecule has 1 aromatic carbocycles. The van der Waals surface area contributed by atoms with Crippen molar-refractivity contribution in [3.8, 4) is 11.3 Å². The van der Waals surface area contributed by atoms with E-state index in [1.165, 1.54) is 0 Å². The highest BCUT2D eigenvalue weighted by Gasteiger charge is 2.19. The molecule has 0 aliphatic rings. The van der Waals surface area contributed by atoms with Crippen molar-refractivity contribution in [2.75, 3.05) is 6.54 Å². The van der Waals surface area contributed by atoms with Crippen LogP contribution in [0.2, 0.25) is 0 Å². The van der Waals surface area contributed by atoms with E-state index in [1.807, 2.05) is 44.2 Å². The molecule has 0 radical (unpaired) electrons. The van der Waals surface area contributed by atoms with Crippen LogP contribution < -0.4 is 11.1 Å². The number of carbonyl (C=O) groups is 1. The number of imidazole rings is 1. The number of H-pyrrole nitrogens is 1. The zero-order valence-corrected chi connectivity index (χ0v) is 12.5. The van der Waals surface area contributed by atoms with Crippen LogP contribution in [-0.2, 0) is 4.79 Å². The Morgan fingerprint density at radius 3 is 2.71 bits per heavy atom. The normalized spacial score (nSPS) is 13.7. The smallest absolute Gasteiger partial charge is 0.224 e. The van der Waals surface area contributed by atoms with Crippen LogP contribution in [0.3, 0.4) is 0 Å². The number of carbonyl (C=O) groups excluding carboxylic acids is 1. The number of nitrogens with one attached hydrogen (secondary N) is 2. The monoisotopic (exact) mass is 286 g/mol. The number of aromatic nitrogens is 2. The third kappa shape index (κ3) is 3.70. The second kappa shape index (κ2) is 7.04. The van der Waals surface area contributed by atoms with Crippen LogP contribution in [0.5, 0.6) is 0 Å². The van der Waals surface area contributed by atoms with Crippen molar-refractivity contribution in [1.29, 1.82) is 0 Å². The summed E-state index contributed by atoms with van der Waals surface area (Å²) >= 11 is 0. The Bertz CT molecular complexity index is 579. The Morgan fingerprint density at radius 2 is 2.10 bits per heavy atom. The maximum atomic E-state index is 12.0. The summed E-state index contributed by atoms with van der Waals surface area (Å²) in [6.07, 6.45) is 2.57. The number of hydrogen-bond acceptors (Lipinski definition) is 3. The van der Waals surface area contributed by atoms with Gasteiger partial charge in [0.15, 0.2) is 0 Å². The van der Waals surface area contributed by atoms with Crippen molar-refractivity contribution in [1.82, 2.24) is 15.3 Å². The zero-order valence-electron chi connectivity index (χ0n) is 12.5. The van der Waals surface area contributed by atoms with Crippen LogP contribution in [-0.4, -0.2) is 22.4 Å². The van der Waals surface area contributed by atoms with Crippen molar-refractivity contribution in [2.45, 2.75) is 26.3 Å². The Kier molecular flexibility index (Phi) is 5.11. The summed E-state index contributed by atoms with van der Waals surface area (Å²) < 4.78 is 0. The number of rotatable bonds is 6. The maximum absolute atomic E-state index is 12.0. The van der Waals surface area contributed by atoms with Gasteiger partial charge in [-0.15, -0.1) is 0 Å². The quantitative estimate of drug-likeness (QED) is 0.761. The average molecular weight is 286 g/mol. The highest BCUT2D eigenvalue weighted by Crippen LogP contribution is 2.20. The first kappa shape index (κ1) is 15.3. The fraction of sp³-hybridized carbons (Fsp3) is 0.375. The lowest BCUT2D eigenvalue weighted by Crippen LogP contribution is -2.36. The molecule has 0 aliphatic carbocycles. The van der Waals surface area contributed by atoms with E-state index < -0.39 is 0 Å². The molecule has 0 aliphatic heterocycles. The minimum Gasteiger partial charge on any atom is -0.346 e. The van der Waals surface area contributed by atoms with Gasteiger partial charge in [-0.25, -0.2) is 4.98 Å². The number of nitrogens with zero attached hydrogens (tertiary/aromatic N) is 1. The van der Waals surface area contributed by atoms with Gasteiger partial charge in [-0.2, -0.15) is 0 Å². The van der Waals surface area contributed by atoms with Crippen LogP contribution in [0.1, 0.15) is 32.1 Å². The second-order valence-electron chi connectivity index (χ2n) is 5.15. The van der Waals surface area contributed by atoms with Crippen molar-refractivity contribution in [3.05, 3.63) is 42.4 Å². The van der Waals surface area contributed by atoms with E-state index in [4.69, 9.17) is 5.73 Å². The van der Waals surface area contributed by atoms with Crippen molar-refractivity contribution < 1.29 is 4.79 Å². The molecule has 2 unspecified atom stereocenters. The lowest BCUT2D eigenvalue weighted by Gasteiger charge is -2.17. The van der Waals surface area contributed by atoms with Crippen molar-refractivity contribution >= 4 is 5.91 Å². The van der Waals surface area contributed by atoms with Gasteiger partial charge in [-0.1, -0.05) is 44.2 Å². The fourth-order valence-corrected chi connectivity index (χ4v) is 2.06. The standard InChI is InChI=1S/C16H22N4O/c1-3-13(20-16(21)11(2)9-17)15-18-10-14(19-15)12-7-5-4-6-8-12/h4-8,10-11,13H,3,9,17H2,1-2H3,(H,18,19)(H,20,21). The topological polar surface area (TPSA) is 83.8 Å². The molecule has 21 heavy (non-hydrogen) atoms. The van der Waals surface area contributed by atoms with E-state index in [9.17, 15) is 4.79 Å². The van der Waals surface area contributed by atoms with E-state index in [-0.39, 0.29) is 17.9 Å². The SMILES string of the molecule is CCC(NC(=O)C(C)CN)c1ncc(-c2ccccc2)[nH]1. The second-order valence-corrected chi connectivity index (χ2v) is 5.15. The molecule has 5 nitrogen and oxygen atoms in total. The Labute approximate surface area is 125 Å². The number of benzene rings is 1. The molecule has 0 fully saturated rings. The molecule has 0 saturated heterocycles. The van der Waals surface area contributed by atoms with Gasteiger partial charge < -0.3 is 16.0 Å². The summed E-state index contributed by atoms with van der Waals surface area (Å²) in [5.41, 5.74) is 7.55.